The number of aldehydes is 1. The van der Waals surface area contributed by atoms with Gasteiger partial charge in [-0.25, -0.2) is 9.78 Å². The second-order valence-corrected chi connectivity index (χ2v) is 11.3. The Bertz CT molecular complexity index is 1800. The lowest BCUT2D eigenvalue weighted by atomic mass is 9.91. The number of amides is 5. The van der Waals surface area contributed by atoms with Gasteiger partial charge in [-0.2, -0.15) is 5.10 Å². The molecule has 0 saturated heterocycles. The Kier molecular flexibility index (Phi) is 8.32. The minimum atomic E-state index is -1.21. The van der Waals surface area contributed by atoms with Crippen LogP contribution in [0.2, 0.25) is 0 Å². The van der Waals surface area contributed by atoms with Gasteiger partial charge in [0.2, 0.25) is 5.91 Å². The van der Waals surface area contributed by atoms with Crippen molar-refractivity contribution in [1.82, 2.24) is 35.3 Å². The van der Waals surface area contributed by atoms with Crippen LogP contribution in [-0.2, 0) is 16.1 Å². The molecule has 4 aromatic rings. The van der Waals surface area contributed by atoms with Crippen LogP contribution in [0.4, 0.5) is 4.79 Å². The normalized spacial score (nSPS) is 18.4. The van der Waals surface area contributed by atoms with Gasteiger partial charge in [0.25, 0.3) is 11.8 Å². The van der Waals surface area contributed by atoms with Crippen molar-refractivity contribution in [3.05, 3.63) is 77.7 Å². The number of urea groups is 1. The number of imide groups is 1. The molecule has 13 nitrogen and oxygen atoms in total. The van der Waals surface area contributed by atoms with E-state index in [0.717, 1.165) is 46.5 Å². The maximum atomic E-state index is 13.0. The van der Waals surface area contributed by atoms with Crippen LogP contribution in [0.15, 0.2) is 61.1 Å². The van der Waals surface area contributed by atoms with Gasteiger partial charge in [-0.3, -0.25) is 28.9 Å². The molecule has 2 aliphatic rings. The molecule has 1 aliphatic heterocycles. The summed E-state index contributed by atoms with van der Waals surface area (Å²) in [5.41, 5.74) is 9.59. The molecule has 45 heavy (non-hydrogen) atoms. The molecule has 5 amide bonds. The fraction of sp³-hybridized carbons (Fsp3) is 0.312. The van der Waals surface area contributed by atoms with Crippen molar-refractivity contribution in [1.29, 1.82) is 0 Å². The SMILES string of the molecule is NC(=O)C(CCC=O)N1C(=O)c2ccc(CNC(=O)NC3CCCC(n4cc(-c5cnc6ccccc6n5)cn4)C3)cc2C1=O. The number of carbonyl (C=O) groups excluding carboxylic acids is 5. The van der Waals surface area contributed by atoms with Crippen molar-refractivity contribution >= 4 is 41.1 Å². The Morgan fingerprint density at radius 1 is 1.04 bits per heavy atom. The van der Waals surface area contributed by atoms with Crippen molar-refractivity contribution in [2.45, 2.75) is 63.2 Å². The molecule has 0 bridgehead atoms. The summed E-state index contributed by atoms with van der Waals surface area (Å²) in [6.45, 7) is 0.121. The van der Waals surface area contributed by atoms with Crippen molar-refractivity contribution in [3.63, 3.8) is 0 Å². The first-order valence-corrected chi connectivity index (χ1v) is 14.9. The highest BCUT2D eigenvalue weighted by atomic mass is 16.2. The van der Waals surface area contributed by atoms with E-state index in [9.17, 15) is 24.0 Å². The van der Waals surface area contributed by atoms with E-state index in [1.807, 2.05) is 35.1 Å². The number of aromatic nitrogens is 4. The summed E-state index contributed by atoms with van der Waals surface area (Å²) in [5, 5.41) is 10.5. The zero-order valence-electron chi connectivity index (χ0n) is 24.4. The van der Waals surface area contributed by atoms with Crippen LogP contribution in [0.5, 0.6) is 0 Å². The molecule has 1 aliphatic carbocycles. The third kappa shape index (κ3) is 6.14. The smallest absolute Gasteiger partial charge is 0.315 e. The second-order valence-electron chi connectivity index (χ2n) is 11.3. The van der Waals surface area contributed by atoms with E-state index in [4.69, 9.17) is 10.7 Å². The minimum absolute atomic E-state index is 0.0173. The van der Waals surface area contributed by atoms with Crippen LogP contribution in [0, 0.1) is 0 Å². The number of hydrogen-bond donors (Lipinski definition) is 3. The maximum absolute atomic E-state index is 13.0. The van der Waals surface area contributed by atoms with Crippen LogP contribution < -0.4 is 16.4 Å². The van der Waals surface area contributed by atoms with Crippen LogP contribution in [0.1, 0.15) is 70.8 Å². The molecular weight excluding hydrogens is 576 g/mol. The molecule has 4 N–H and O–H groups in total. The Balaban J connectivity index is 1.05. The first-order valence-electron chi connectivity index (χ1n) is 14.9. The van der Waals surface area contributed by atoms with Crippen molar-refractivity contribution < 1.29 is 24.0 Å². The Hall–Kier alpha value is -5.46. The summed E-state index contributed by atoms with van der Waals surface area (Å²) < 4.78 is 1.94. The van der Waals surface area contributed by atoms with E-state index in [0.29, 0.717) is 18.3 Å². The quantitative estimate of drug-likeness (QED) is 0.181. The predicted molar refractivity (Wildman–Crippen MR) is 163 cm³/mol. The third-order valence-electron chi connectivity index (χ3n) is 8.34. The molecular formula is C32H32N8O5. The maximum Gasteiger partial charge on any atom is 0.315 e. The van der Waals surface area contributed by atoms with E-state index in [1.54, 1.807) is 18.5 Å². The highest BCUT2D eigenvalue weighted by Crippen LogP contribution is 2.30. The highest BCUT2D eigenvalue weighted by molar-refractivity contribution is 6.22. The second kappa shape index (κ2) is 12.6. The lowest BCUT2D eigenvalue weighted by molar-refractivity contribution is -0.122. The molecule has 0 spiro atoms. The van der Waals surface area contributed by atoms with Gasteiger partial charge < -0.3 is 21.2 Å². The fourth-order valence-electron chi connectivity index (χ4n) is 6.04. The topological polar surface area (TPSA) is 182 Å². The van der Waals surface area contributed by atoms with E-state index < -0.39 is 23.8 Å². The number of primary amides is 1. The minimum Gasteiger partial charge on any atom is -0.368 e. The first kappa shape index (κ1) is 29.6. The standard InChI is InChI=1S/C32H32N8O5/c33-29(42)28(9-4-12-41)40-30(43)23-11-10-19(13-24(23)31(40)44)15-35-32(45)37-21-5-3-6-22(14-21)39-18-20(16-36-39)27-17-34-25-7-1-2-8-26(25)38-27/h1-2,7-8,10-13,16-18,21-22,28H,3-6,9,14-15H2,(H2,33,42)(H2,35,37,45). The number of nitrogens with two attached hydrogens (primary N) is 1. The zero-order valence-corrected chi connectivity index (χ0v) is 24.4. The summed E-state index contributed by atoms with van der Waals surface area (Å²) in [6, 6.07) is 10.9. The molecule has 13 heteroatoms. The highest BCUT2D eigenvalue weighted by Gasteiger charge is 2.42. The van der Waals surface area contributed by atoms with Gasteiger partial charge in [-0.15, -0.1) is 0 Å². The Morgan fingerprint density at radius 2 is 1.84 bits per heavy atom. The van der Waals surface area contributed by atoms with Gasteiger partial charge in [0.05, 0.1) is 46.3 Å². The molecule has 230 valence electrons. The molecule has 0 radical (unpaired) electrons. The number of rotatable bonds is 10. The van der Waals surface area contributed by atoms with Gasteiger partial charge in [0, 0.05) is 30.8 Å². The number of hydrogen-bond acceptors (Lipinski definition) is 8. The predicted octanol–water partition coefficient (Wildman–Crippen LogP) is 2.91. The van der Waals surface area contributed by atoms with Gasteiger partial charge in [0.15, 0.2) is 0 Å². The molecule has 6 rings (SSSR count). The van der Waals surface area contributed by atoms with Gasteiger partial charge in [0.1, 0.15) is 12.3 Å². The zero-order chi connectivity index (χ0) is 31.5. The van der Waals surface area contributed by atoms with Crippen LogP contribution in [0.25, 0.3) is 22.3 Å². The molecule has 2 aromatic carbocycles. The number of para-hydroxylation sites is 2. The fourth-order valence-corrected chi connectivity index (χ4v) is 6.04. The van der Waals surface area contributed by atoms with Gasteiger partial charge in [-0.1, -0.05) is 18.2 Å². The Morgan fingerprint density at radius 3 is 2.64 bits per heavy atom. The van der Waals surface area contributed by atoms with Crippen molar-refractivity contribution in [3.8, 4) is 11.3 Å². The first-order chi connectivity index (χ1) is 21.8. The lowest BCUT2D eigenvalue weighted by Gasteiger charge is -2.30. The van der Waals surface area contributed by atoms with E-state index in [2.05, 4.69) is 20.7 Å². The summed E-state index contributed by atoms with van der Waals surface area (Å²) in [7, 11) is 0. The van der Waals surface area contributed by atoms with Crippen LogP contribution >= 0.6 is 0 Å². The van der Waals surface area contributed by atoms with Gasteiger partial charge in [-0.05, 0) is 61.9 Å². The number of benzene rings is 2. The van der Waals surface area contributed by atoms with Crippen LogP contribution in [0.3, 0.4) is 0 Å². The summed E-state index contributed by atoms with van der Waals surface area (Å²) in [4.78, 5) is 71.5. The lowest BCUT2D eigenvalue weighted by Crippen LogP contribution is -2.47. The summed E-state index contributed by atoms with van der Waals surface area (Å²) in [5.74, 6) is -2.15. The van der Waals surface area contributed by atoms with Crippen molar-refractivity contribution in [2.24, 2.45) is 5.73 Å². The number of nitrogens with one attached hydrogen (secondary N) is 2. The summed E-state index contributed by atoms with van der Waals surface area (Å²) >= 11 is 0. The average Bonchev–Trinajstić information content (AvgIpc) is 3.64. The molecule has 2 aromatic heterocycles. The van der Waals surface area contributed by atoms with E-state index >= 15 is 0 Å². The number of carbonyl (C=O) groups is 5. The monoisotopic (exact) mass is 608 g/mol. The molecule has 3 unspecified atom stereocenters. The summed E-state index contributed by atoms with van der Waals surface area (Å²) in [6.07, 6.45) is 9.48. The third-order valence-corrected chi connectivity index (χ3v) is 8.34. The largest absolute Gasteiger partial charge is 0.368 e. The Labute approximate surface area is 258 Å². The average molecular weight is 609 g/mol. The van der Waals surface area contributed by atoms with E-state index in [-0.39, 0.29) is 48.6 Å². The van der Waals surface area contributed by atoms with Crippen molar-refractivity contribution in [2.75, 3.05) is 0 Å². The molecule has 1 saturated carbocycles. The van der Waals surface area contributed by atoms with Crippen LogP contribution in [-0.4, -0.2) is 66.8 Å². The number of fused-ring (bicyclic) bond motifs is 2. The molecule has 3 atom stereocenters. The number of nitrogens with zero attached hydrogens (tertiary/aromatic N) is 5. The van der Waals surface area contributed by atoms with E-state index in [1.165, 1.54) is 12.1 Å². The molecule has 1 fully saturated rings. The van der Waals surface area contributed by atoms with Gasteiger partial charge >= 0.3 is 6.03 Å². The molecule has 3 heterocycles.